The summed E-state index contributed by atoms with van der Waals surface area (Å²) in [5, 5.41) is 6.09. The van der Waals surface area contributed by atoms with Crippen LogP contribution in [0.4, 0.5) is 5.69 Å². The molecule has 4 nitrogen and oxygen atoms in total. The van der Waals surface area contributed by atoms with Crippen molar-refractivity contribution in [1.82, 2.24) is 5.32 Å². The van der Waals surface area contributed by atoms with E-state index in [0.717, 1.165) is 30.0 Å². The van der Waals surface area contributed by atoms with Crippen molar-refractivity contribution in [2.45, 2.75) is 39.0 Å². The van der Waals surface area contributed by atoms with E-state index in [-0.39, 0.29) is 5.91 Å². The Morgan fingerprint density at radius 3 is 2.71 bits per heavy atom. The maximum Gasteiger partial charge on any atom is 0.238 e. The number of carbonyl (C=O) groups excluding carboxylic acids is 1. The van der Waals surface area contributed by atoms with Crippen molar-refractivity contribution in [2.75, 3.05) is 25.0 Å². The number of nitrogens with one attached hydrogen (secondary N) is 2. The zero-order valence-corrected chi connectivity index (χ0v) is 14.6. The molecule has 0 saturated carbocycles. The van der Waals surface area contributed by atoms with Gasteiger partial charge in [0.1, 0.15) is 12.4 Å². The summed E-state index contributed by atoms with van der Waals surface area (Å²) >= 11 is 0. The fraction of sp³-hybridized carbons (Fsp3) is 0.450. The van der Waals surface area contributed by atoms with E-state index in [4.69, 9.17) is 4.74 Å². The van der Waals surface area contributed by atoms with Gasteiger partial charge in [-0.2, -0.15) is 0 Å². The number of hydrogen-bond donors (Lipinski definition) is 2. The van der Waals surface area contributed by atoms with Crippen LogP contribution in [-0.2, 0) is 4.79 Å². The molecule has 1 aliphatic rings. The normalized spacial score (nSPS) is 14.0. The molecule has 0 heterocycles. The predicted molar refractivity (Wildman–Crippen MR) is 99.4 cm³/mol. The molecule has 2 N–H and O–H groups in total. The molecule has 0 aromatic heterocycles. The maximum absolute atomic E-state index is 11.9. The number of hydrogen-bond acceptors (Lipinski definition) is 3. The number of ether oxygens (including phenoxy) is 1. The zero-order valence-electron chi connectivity index (χ0n) is 14.6. The Bertz CT molecular complexity index is 576. The molecule has 1 aromatic carbocycles. The van der Waals surface area contributed by atoms with Gasteiger partial charge >= 0.3 is 0 Å². The number of carbonyl (C=O) groups is 1. The van der Waals surface area contributed by atoms with Crippen LogP contribution in [0.1, 0.15) is 39.0 Å². The summed E-state index contributed by atoms with van der Waals surface area (Å²) in [6, 6.07) is 7.39. The van der Waals surface area contributed by atoms with Gasteiger partial charge in [-0.05, 0) is 75.4 Å². The second-order valence-corrected chi connectivity index (χ2v) is 6.35. The molecule has 0 spiro atoms. The molecular weight excluding hydrogens is 300 g/mol. The second kappa shape index (κ2) is 9.93. The molecule has 1 amide bonds. The quantitative estimate of drug-likeness (QED) is 0.531. The van der Waals surface area contributed by atoms with Gasteiger partial charge in [0.05, 0.1) is 6.54 Å². The first-order valence-electron chi connectivity index (χ1n) is 8.69. The van der Waals surface area contributed by atoms with Gasteiger partial charge in [-0.1, -0.05) is 18.2 Å². The minimum atomic E-state index is -0.0248. The van der Waals surface area contributed by atoms with E-state index in [1.807, 2.05) is 31.2 Å². The van der Waals surface area contributed by atoms with Gasteiger partial charge in [0.25, 0.3) is 0 Å². The molecule has 24 heavy (non-hydrogen) atoms. The Kier molecular flexibility index (Phi) is 7.56. The highest BCUT2D eigenvalue weighted by Gasteiger charge is 2.05. The molecule has 0 aliphatic heterocycles. The first-order chi connectivity index (χ1) is 11.6. The van der Waals surface area contributed by atoms with Crippen LogP contribution in [0.25, 0.3) is 0 Å². The van der Waals surface area contributed by atoms with Crippen molar-refractivity contribution in [3.63, 3.8) is 0 Å². The largest absolute Gasteiger partial charge is 0.489 e. The molecular formula is C20H28N2O2. The molecule has 1 aliphatic carbocycles. The van der Waals surface area contributed by atoms with Crippen LogP contribution in [0.5, 0.6) is 5.75 Å². The highest BCUT2D eigenvalue weighted by atomic mass is 16.5. The lowest BCUT2D eigenvalue weighted by atomic mass is 9.97. The van der Waals surface area contributed by atoms with Crippen LogP contribution in [0.3, 0.4) is 0 Å². The Morgan fingerprint density at radius 2 is 2.04 bits per heavy atom. The van der Waals surface area contributed by atoms with Gasteiger partial charge < -0.3 is 15.4 Å². The van der Waals surface area contributed by atoms with Crippen molar-refractivity contribution in [3.8, 4) is 5.75 Å². The van der Waals surface area contributed by atoms with Crippen molar-refractivity contribution in [2.24, 2.45) is 0 Å². The van der Waals surface area contributed by atoms with Crippen LogP contribution in [-0.4, -0.2) is 25.6 Å². The van der Waals surface area contributed by atoms with Crippen LogP contribution in [0.2, 0.25) is 0 Å². The van der Waals surface area contributed by atoms with Crippen molar-refractivity contribution in [3.05, 3.63) is 48.1 Å². The Labute approximate surface area is 145 Å². The van der Waals surface area contributed by atoms with E-state index in [2.05, 4.69) is 23.3 Å². The van der Waals surface area contributed by atoms with Gasteiger partial charge in [-0.25, -0.2) is 0 Å². The van der Waals surface area contributed by atoms with Gasteiger partial charge in [0, 0.05) is 5.69 Å². The third-order valence-electron chi connectivity index (χ3n) is 3.92. The Hall–Kier alpha value is -2.07. The molecule has 0 atom stereocenters. The smallest absolute Gasteiger partial charge is 0.238 e. The molecule has 0 bridgehead atoms. The van der Waals surface area contributed by atoms with Gasteiger partial charge in [0.15, 0.2) is 0 Å². The topological polar surface area (TPSA) is 50.4 Å². The minimum absolute atomic E-state index is 0.0248. The second-order valence-electron chi connectivity index (χ2n) is 6.35. The Morgan fingerprint density at radius 1 is 1.25 bits per heavy atom. The molecule has 0 saturated heterocycles. The van der Waals surface area contributed by atoms with E-state index >= 15 is 0 Å². The first-order valence-corrected chi connectivity index (χ1v) is 8.69. The Balaban J connectivity index is 1.64. The molecule has 130 valence electrons. The lowest BCUT2D eigenvalue weighted by molar-refractivity contribution is -0.115. The summed E-state index contributed by atoms with van der Waals surface area (Å²) in [6.07, 6.45) is 8.44. The van der Waals surface area contributed by atoms with Crippen molar-refractivity contribution >= 4 is 11.6 Å². The summed E-state index contributed by atoms with van der Waals surface area (Å²) in [5.41, 5.74) is 3.28. The number of amides is 1. The average Bonchev–Trinajstić information content (AvgIpc) is 2.59. The monoisotopic (exact) mass is 328 g/mol. The standard InChI is InChI=1S/C20H28N2O2/c1-16(2)15-24-19-10-8-18(9-11-19)22-20(23)14-21-13-12-17-6-4-3-5-7-17/h6,8-11,21H,1,3-5,7,12-15H2,2H3,(H,22,23). The zero-order chi connectivity index (χ0) is 17.2. The van der Waals surface area contributed by atoms with E-state index < -0.39 is 0 Å². The van der Waals surface area contributed by atoms with Crippen LogP contribution >= 0.6 is 0 Å². The summed E-state index contributed by atoms with van der Waals surface area (Å²) in [5.74, 6) is 0.748. The molecule has 2 rings (SSSR count). The third kappa shape index (κ3) is 7.01. The average molecular weight is 328 g/mol. The van der Waals surface area contributed by atoms with Crippen LogP contribution in [0.15, 0.2) is 48.1 Å². The molecule has 1 aromatic rings. The van der Waals surface area contributed by atoms with Gasteiger partial charge in [-0.15, -0.1) is 0 Å². The van der Waals surface area contributed by atoms with Crippen molar-refractivity contribution in [1.29, 1.82) is 0 Å². The fourth-order valence-corrected chi connectivity index (χ4v) is 2.63. The third-order valence-corrected chi connectivity index (χ3v) is 3.92. The van der Waals surface area contributed by atoms with E-state index in [1.54, 1.807) is 0 Å². The summed E-state index contributed by atoms with van der Waals surface area (Å²) in [7, 11) is 0. The highest BCUT2D eigenvalue weighted by Crippen LogP contribution is 2.19. The SMILES string of the molecule is C=C(C)COc1ccc(NC(=O)CNCCC2=CCCCC2)cc1. The predicted octanol–water partition coefficient (Wildman–Crippen LogP) is 4.06. The molecule has 4 heteroatoms. The number of rotatable bonds is 9. The first kappa shape index (κ1) is 18.3. The minimum Gasteiger partial charge on any atom is -0.489 e. The number of benzene rings is 1. The highest BCUT2D eigenvalue weighted by molar-refractivity contribution is 5.92. The van der Waals surface area contributed by atoms with E-state index in [0.29, 0.717) is 13.2 Å². The number of allylic oxidation sites excluding steroid dienone is 1. The number of anilines is 1. The lowest BCUT2D eigenvalue weighted by Gasteiger charge is -2.13. The molecule has 0 fully saturated rings. The van der Waals surface area contributed by atoms with Crippen LogP contribution in [0, 0.1) is 0 Å². The maximum atomic E-state index is 11.9. The summed E-state index contributed by atoms with van der Waals surface area (Å²) in [4.78, 5) is 11.9. The molecule has 0 unspecified atom stereocenters. The summed E-state index contributed by atoms with van der Waals surface area (Å²) in [6.45, 7) is 7.42. The summed E-state index contributed by atoms with van der Waals surface area (Å²) < 4.78 is 5.53. The van der Waals surface area contributed by atoms with E-state index in [9.17, 15) is 4.79 Å². The van der Waals surface area contributed by atoms with Crippen molar-refractivity contribution < 1.29 is 9.53 Å². The van der Waals surface area contributed by atoms with Gasteiger partial charge in [0.2, 0.25) is 5.91 Å². The lowest BCUT2D eigenvalue weighted by Crippen LogP contribution is -2.29. The van der Waals surface area contributed by atoms with Crippen LogP contribution < -0.4 is 15.4 Å². The molecule has 0 radical (unpaired) electrons. The van der Waals surface area contributed by atoms with Gasteiger partial charge in [-0.3, -0.25) is 4.79 Å². The van der Waals surface area contributed by atoms with E-state index in [1.165, 1.54) is 31.3 Å². The fourth-order valence-electron chi connectivity index (χ4n) is 2.63.